The van der Waals surface area contributed by atoms with Crippen LogP contribution < -0.4 is 4.90 Å². The number of piperidine rings is 1. The van der Waals surface area contributed by atoms with E-state index in [-0.39, 0.29) is 11.9 Å². The van der Waals surface area contributed by atoms with Crippen LogP contribution in [0.3, 0.4) is 0 Å². The van der Waals surface area contributed by atoms with E-state index in [1.54, 1.807) is 12.1 Å². The molecule has 1 atom stereocenters. The third kappa shape index (κ3) is 3.30. The van der Waals surface area contributed by atoms with E-state index < -0.39 is 0 Å². The summed E-state index contributed by atoms with van der Waals surface area (Å²) in [7, 11) is 0. The molecule has 0 aromatic heterocycles. The monoisotopic (exact) mass is 283 g/mol. The number of carbonyl (C=O) groups is 1. The van der Waals surface area contributed by atoms with Gasteiger partial charge in [-0.2, -0.15) is 0 Å². The highest BCUT2D eigenvalue weighted by Gasteiger charge is 2.27. The van der Waals surface area contributed by atoms with Crippen LogP contribution in [0.5, 0.6) is 0 Å². The molecule has 0 radical (unpaired) electrons. The summed E-state index contributed by atoms with van der Waals surface area (Å²) in [5.74, 6) is 0.0840. The number of carbonyl (C=O) groups excluding carboxylic acids is 1. The van der Waals surface area contributed by atoms with Gasteiger partial charge >= 0.3 is 0 Å². The van der Waals surface area contributed by atoms with Gasteiger partial charge in [0, 0.05) is 31.1 Å². The molecule has 0 N–H and O–H groups in total. The zero-order chi connectivity index (χ0) is 14.7. The van der Waals surface area contributed by atoms with Crippen LogP contribution in [0.15, 0.2) is 54.6 Å². The minimum absolute atomic E-state index is 0.152. The summed E-state index contributed by atoms with van der Waals surface area (Å²) in [5, 5.41) is 0. The number of ketones is 1. The Hall–Kier alpha value is -2.16. The van der Waals surface area contributed by atoms with E-state index in [1.807, 2.05) is 18.2 Å². The van der Waals surface area contributed by atoms with Crippen LogP contribution >= 0.6 is 0 Å². The smallest absolute Gasteiger partial charge is 0.136 e. The predicted octanol–water partition coefficient (Wildman–Crippen LogP) is 3.61. The molecule has 3 heteroatoms. The zero-order valence-corrected chi connectivity index (χ0v) is 11.8. The summed E-state index contributed by atoms with van der Waals surface area (Å²) >= 11 is 0. The highest BCUT2D eigenvalue weighted by Crippen LogP contribution is 2.25. The van der Waals surface area contributed by atoms with Crippen LogP contribution in [0.1, 0.15) is 18.4 Å². The zero-order valence-electron chi connectivity index (χ0n) is 11.8. The minimum Gasteiger partial charge on any atom is -0.367 e. The molecule has 3 rings (SSSR count). The average molecular weight is 283 g/mol. The highest BCUT2D eigenvalue weighted by atomic mass is 19.1. The number of hydrogen-bond donors (Lipinski definition) is 0. The number of rotatable bonds is 3. The van der Waals surface area contributed by atoms with Crippen molar-refractivity contribution in [1.82, 2.24) is 0 Å². The van der Waals surface area contributed by atoms with Crippen molar-refractivity contribution in [3.05, 3.63) is 66.0 Å². The van der Waals surface area contributed by atoms with Crippen molar-refractivity contribution >= 4 is 11.5 Å². The van der Waals surface area contributed by atoms with E-state index in [4.69, 9.17) is 0 Å². The maximum atomic E-state index is 13.1. The summed E-state index contributed by atoms with van der Waals surface area (Å²) in [6.07, 6.45) is 1.97. The lowest BCUT2D eigenvalue weighted by Crippen LogP contribution is -2.44. The molecule has 0 bridgehead atoms. The quantitative estimate of drug-likeness (QED) is 0.857. The Morgan fingerprint density at radius 2 is 1.76 bits per heavy atom. The van der Waals surface area contributed by atoms with Crippen LogP contribution in [0, 0.1) is 5.82 Å². The molecule has 108 valence electrons. The first-order valence-electron chi connectivity index (χ1n) is 7.30. The van der Waals surface area contributed by atoms with Crippen molar-refractivity contribution < 1.29 is 9.18 Å². The van der Waals surface area contributed by atoms with Gasteiger partial charge in [0.1, 0.15) is 11.6 Å². The second kappa shape index (κ2) is 6.08. The normalized spacial score (nSPS) is 18.8. The van der Waals surface area contributed by atoms with E-state index in [1.165, 1.54) is 17.7 Å². The Kier molecular flexibility index (Phi) is 4.00. The number of halogens is 1. The van der Waals surface area contributed by atoms with E-state index in [0.717, 1.165) is 12.1 Å². The van der Waals surface area contributed by atoms with E-state index >= 15 is 0 Å². The Morgan fingerprint density at radius 3 is 2.48 bits per heavy atom. The first-order valence-corrected chi connectivity index (χ1v) is 7.30. The van der Waals surface area contributed by atoms with Crippen molar-refractivity contribution in [2.24, 2.45) is 0 Å². The van der Waals surface area contributed by atoms with E-state index in [2.05, 4.69) is 17.0 Å². The van der Waals surface area contributed by atoms with Gasteiger partial charge in [0.05, 0.1) is 0 Å². The lowest BCUT2D eigenvalue weighted by atomic mass is 9.94. The fourth-order valence-electron chi connectivity index (χ4n) is 2.94. The summed E-state index contributed by atoms with van der Waals surface area (Å²) in [6, 6.07) is 16.9. The highest BCUT2D eigenvalue weighted by molar-refractivity contribution is 5.81. The second-order valence-corrected chi connectivity index (χ2v) is 5.51. The molecule has 1 heterocycles. The van der Waals surface area contributed by atoms with Gasteiger partial charge in [0.25, 0.3) is 0 Å². The van der Waals surface area contributed by atoms with Gasteiger partial charge in [0.2, 0.25) is 0 Å². The lowest BCUT2D eigenvalue weighted by molar-refractivity contribution is -0.120. The van der Waals surface area contributed by atoms with Gasteiger partial charge in [-0.3, -0.25) is 4.79 Å². The molecular formula is C18H18FNO. The Labute approximate surface area is 124 Å². The van der Waals surface area contributed by atoms with E-state index in [9.17, 15) is 9.18 Å². The molecule has 1 unspecified atom stereocenters. The molecule has 0 spiro atoms. The Balaban J connectivity index is 1.82. The molecule has 2 nitrogen and oxygen atoms in total. The molecule has 0 amide bonds. The van der Waals surface area contributed by atoms with Gasteiger partial charge in [-0.1, -0.05) is 30.3 Å². The van der Waals surface area contributed by atoms with Gasteiger partial charge < -0.3 is 4.90 Å². The largest absolute Gasteiger partial charge is 0.367 e. The SMILES string of the molecule is O=C1CCN(c2ccc(F)cc2)C(Cc2ccccc2)C1. The molecule has 21 heavy (non-hydrogen) atoms. The maximum Gasteiger partial charge on any atom is 0.136 e. The number of benzene rings is 2. The molecule has 1 saturated heterocycles. The average Bonchev–Trinajstić information content (AvgIpc) is 2.50. The summed E-state index contributed by atoms with van der Waals surface area (Å²) in [4.78, 5) is 14.0. The Morgan fingerprint density at radius 1 is 1.05 bits per heavy atom. The molecule has 1 aliphatic rings. The van der Waals surface area contributed by atoms with Gasteiger partial charge in [-0.15, -0.1) is 0 Å². The molecule has 2 aromatic rings. The number of anilines is 1. The first-order chi connectivity index (χ1) is 10.2. The first kappa shape index (κ1) is 13.8. The molecule has 2 aromatic carbocycles. The fraction of sp³-hybridized carbons (Fsp3) is 0.278. The molecule has 1 aliphatic heterocycles. The van der Waals surface area contributed by atoms with Crippen molar-refractivity contribution in [2.45, 2.75) is 25.3 Å². The minimum atomic E-state index is -0.230. The third-order valence-electron chi connectivity index (χ3n) is 4.01. The van der Waals surface area contributed by atoms with Crippen LogP contribution in [0.4, 0.5) is 10.1 Å². The third-order valence-corrected chi connectivity index (χ3v) is 4.01. The van der Waals surface area contributed by atoms with Crippen LogP contribution in [-0.4, -0.2) is 18.4 Å². The molecule has 0 saturated carbocycles. The standard InChI is InChI=1S/C18H18FNO/c19-15-6-8-16(9-7-15)20-11-10-18(21)13-17(20)12-14-4-2-1-3-5-14/h1-9,17H,10-13H2. The lowest BCUT2D eigenvalue weighted by Gasteiger charge is -2.37. The number of hydrogen-bond acceptors (Lipinski definition) is 2. The molecule has 0 aliphatic carbocycles. The summed E-state index contributed by atoms with van der Waals surface area (Å²) < 4.78 is 13.1. The van der Waals surface area contributed by atoms with Crippen molar-refractivity contribution in [3.63, 3.8) is 0 Å². The van der Waals surface area contributed by atoms with Crippen molar-refractivity contribution in [2.75, 3.05) is 11.4 Å². The van der Waals surface area contributed by atoms with Crippen LogP contribution in [-0.2, 0) is 11.2 Å². The van der Waals surface area contributed by atoms with Crippen LogP contribution in [0.2, 0.25) is 0 Å². The fourth-order valence-corrected chi connectivity index (χ4v) is 2.94. The number of nitrogens with zero attached hydrogens (tertiary/aromatic N) is 1. The molecular weight excluding hydrogens is 265 g/mol. The summed E-state index contributed by atoms with van der Waals surface area (Å²) in [5.41, 5.74) is 2.22. The van der Waals surface area contributed by atoms with Crippen molar-refractivity contribution in [3.8, 4) is 0 Å². The maximum absolute atomic E-state index is 13.1. The molecule has 1 fully saturated rings. The summed E-state index contributed by atoms with van der Waals surface area (Å²) in [6.45, 7) is 0.710. The van der Waals surface area contributed by atoms with Crippen molar-refractivity contribution in [1.29, 1.82) is 0 Å². The predicted molar refractivity (Wildman–Crippen MR) is 81.9 cm³/mol. The number of Topliss-reactive ketones (excluding diaryl/α,β-unsaturated/α-hetero) is 1. The van der Waals surface area contributed by atoms with Gasteiger partial charge in [-0.25, -0.2) is 4.39 Å². The topological polar surface area (TPSA) is 20.3 Å². The van der Waals surface area contributed by atoms with Gasteiger partial charge in [-0.05, 0) is 36.2 Å². The second-order valence-electron chi connectivity index (χ2n) is 5.51. The van der Waals surface area contributed by atoms with Gasteiger partial charge in [0.15, 0.2) is 0 Å². The van der Waals surface area contributed by atoms with E-state index in [0.29, 0.717) is 25.2 Å². The van der Waals surface area contributed by atoms with Crippen LogP contribution in [0.25, 0.3) is 0 Å². The Bertz CT molecular complexity index is 609.